The van der Waals surface area contributed by atoms with Crippen LogP contribution in [0.3, 0.4) is 0 Å². The summed E-state index contributed by atoms with van der Waals surface area (Å²) in [6, 6.07) is 0.858. The van der Waals surface area contributed by atoms with Gasteiger partial charge in [-0.2, -0.15) is 11.8 Å². The first kappa shape index (κ1) is 7.42. The van der Waals surface area contributed by atoms with Crippen molar-refractivity contribution >= 4 is 11.8 Å². The molecule has 0 spiro atoms. The van der Waals surface area contributed by atoms with E-state index < -0.39 is 0 Å². The zero-order valence-electron chi connectivity index (χ0n) is 6.18. The van der Waals surface area contributed by atoms with E-state index in [2.05, 4.69) is 18.5 Å². The van der Waals surface area contributed by atoms with Crippen LogP contribution in [0.15, 0.2) is 0 Å². The predicted molar refractivity (Wildman–Crippen MR) is 44.0 cm³/mol. The van der Waals surface area contributed by atoms with Gasteiger partial charge in [0.2, 0.25) is 0 Å². The first-order valence-electron chi connectivity index (χ1n) is 3.57. The van der Waals surface area contributed by atoms with Crippen molar-refractivity contribution in [3.63, 3.8) is 0 Å². The summed E-state index contributed by atoms with van der Waals surface area (Å²) in [7, 11) is 0. The van der Waals surface area contributed by atoms with E-state index in [-0.39, 0.29) is 0 Å². The number of hydrogen-bond donors (Lipinski definition) is 1. The molecule has 0 aromatic carbocycles. The Morgan fingerprint density at radius 2 is 2.33 bits per heavy atom. The van der Waals surface area contributed by atoms with Gasteiger partial charge in [-0.25, -0.2) is 0 Å². The molecule has 0 amide bonds. The Balaban J connectivity index is 1.83. The quantitative estimate of drug-likeness (QED) is 0.599. The second kappa shape index (κ2) is 3.47. The van der Waals surface area contributed by atoms with Gasteiger partial charge in [0, 0.05) is 18.3 Å². The smallest absolute Gasteiger partial charge is 0.00967 e. The highest BCUT2D eigenvalue weighted by atomic mass is 32.2. The zero-order chi connectivity index (χ0) is 6.69. The Bertz CT molecular complexity index is 85.0. The molecule has 0 aromatic rings. The Kier molecular flexibility index (Phi) is 2.86. The molecule has 0 saturated heterocycles. The summed E-state index contributed by atoms with van der Waals surface area (Å²) in [5.41, 5.74) is 0. The first-order chi connectivity index (χ1) is 4.34. The minimum atomic E-state index is 0.858. The van der Waals surface area contributed by atoms with E-state index in [0.717, 1.165) is 12.0 Å². The highest BCUT2D eigenvalue weighted by molar-refractivity contribution is 7.98. The van der Waals surface area contributed by atoms with Gasteiger partial charge in [-0.15, -0.1) is 0 Å². The van der Waals surface area contributed by atoms with E-state index in [9.17, 15) is 0 Å². The normalized spacial score (nSPS) is 32.7. The van der Waals surface area contributed by atoms with Crippen LogP contribution in [-0.2, 0) is 0 Å². The van der Waals surface area contributed by atoms with Crippen molar-refractivity contribution in [2.75, 3.05) is 18.6 Å². The van der Waals surface area contributed by atoms with Gasteiger partial charge in [0.25, 0.3) is 0 Å². The second-order valence-electron chi connectivity index (χ2n) is 2.77. The van der Waals surface area contributed by atoms with E-state index in [1.807, 2.05) is 11.8 Å². The molecule has 1 aliphatic rings. The number of hydrogen-bond acceptors (Lipinski definition) is 2. The molecule has 9 heavy (non-hydrogen) atoms. The van der Waals surface area contributed by atoms with Gasteiger partial charge in [-0.1, -0.05) is 6.92 Å². The maximum Gasteiger partial charge on any atom is 0.00967 e. The summed E-state index contributed by atoms with van der Waals surface area (Å²) in [5, 5.41) is 3.49. The van der Waals surface area contributed by atoms with Crippen LogP contribution in [0.25, 0.3) is 0 Å². The lowest BCUT2D eigenvalue weighted by molar-refractivity contribution is 0.684. The fraction of sp³-hybridized carbons (Fsp3) is 1.00. The molecule has 0 bridgehead atoms. The summed E-state index contributed by atoms with van der Waals surface area (Å²) < 4.78 is 0. The third-order valence-corrected chi connectivity index (χ3v) is 2.43. The Morgan fingerprint density at radius 1 is 1.67 bits per heavy atom. The number of nitrogens with one attached hydrogen (secondary N) is 1. The molecule has 0 aromatic heterocycles. The highest BCUT2D eigenvalue weighted by Gasteiger charge is 2.31. The van der Waals surface area contributed by atoms with E-state index in [0.29, 0.717) is 0 Å². The van der Waals surface area contributed by atoms with Crippen LogP contribution in [0.4, 0.5) is 0 Å². The van der Waals surface area contributed by atoms with E-state index in [1.54, 1.807) is 0 Å². The molecule has 2 unspecified atom stereocenters. The van der Waals surface area contributed by atoms with Gasteiger partial charge in [-0.05, 0) is 18.6 Å². The van der Waals surface area contributed by atoms with Gasteiger partial charge < -0.3 is 5.32 Å². The summed E-state index contributed by atoms with van der Waals surface area (Å²) in [4.78, 5) is 0. The summed E-state index contributed by atoms with van der Waals surface area (Å²) in [5.74, 6) is 2.20. The van der Waals surface area contributed by atoms with Gasteiger partial charge in [0.15, 0.2) is 0 Å². The lowest BCUT2D eigenvalue weighted by atomic mass is 10.5. The van der Waals surface area contributed by atoms with Crippen molar-refractivity contribution in [1.82, 2.24) is 5.32 Å². The molecule has 1 fully saturated rings. The maximum atomic E-state index is 3.49. The molecule has 54 valence electrons. The Labute approximate surface area is 61.6 Å². The van der Waals surface area contributed by atoms with Crippen LogP contribution in [0.1, 0.15) is 13.3 Å². The molecule has 0 radical (unpaired) electrons. The molecule has 1 N–H and O–H groups in total. The fourth-order valence-electron chi connectivity index (χ4n) is 0.953. The molecule has 2 heteroatoms. The standard InChI is InChI=1S/C7H15NS/c1-6-5-7(6)8-3-4-9-2/h6-8H,3-5H2,1-2H3. The zero-order valence-corrected chi connectivity index (χ0v) is 7.00. The SMILES string of the molecule is CSCCNC1CC1C. The molecule has 1 nitrogen and oxygen atoms in total. The van der Waals surface area contributed by atoms with E-state index >= 15 is 0 Å². The summed E-state index contributed by atoms with van der Waals surface area (Å²) in [6.45, 7) is 3.49. The van der Waals surface area contributed by atoms with Crippen LogP contribution >= 0.6 is 11.8 Å². The van der Waals surface area contributed by atoms with Crippen molar-refractivity contribution in [2.24, 2.45) is 5.92 Å². The van der Waals surface area contributed by atoms with Crippen LogP contribution < -0.4 is 5.32 Å². The van der Waals surface area contributed by atoms with Crippen molar-refractivity contribution in [1.29, 1.82) is 0 Å². The molecule has 0 aliphatic heterocycles. The largest absolute Gasteiger partial charge is 0.313 e. The molecule has 1 saturated carbocycles. The molecule has 2 atom stereocenters. The summed E-state index contributed by atoms with van der Waals surface area (Å²) in [6.07, 6.45) is 3.55. The average molecular weight is 145 g/mol. The van der Waals surface area contributed by atoms with Crippen molar-refractivity contribution in [3.05, 3.63) is 0 Å². The van der Waals surface area contributed by atoms with Crippen LogP contribution in [-0.4, -0.2) is 24.6 Å². The average Bonchev–Trinajstić information content (AvgIpc) is 2.48. The van der Waals surface area contributed by atoms with E-state index in [1.165, 1.54) is 18.7 Å². The lowest BCUT2D eigenvalue weighted by Crippen LogP contribution is -2.20. The lowest BCUT2D eigenvalue weighted by Gasteiger charge is -1.98. The second-order valence-corrected chi connectivity index (χ2v) is 3.75. The molecular weight excluding hydrogens is 130 g/mol. The van der Waals surface area contributed by atoms with Gasteiger partial charge in [0.1, 0.15) is 0 Å². The molecule has 1 rings (SSSR count). The fourth-order valence-corrected chi connectivity index (χ4v) is 1.27. The molecular formula is C7H15NS. The minimum absolute atomic E-state index is 0.858. The minimum Gasteiger partial charge on any atom is -0.313 e. The molecule has 1 aliphatic carbocycles. The van der Waals surface area contributed by atoms with Crippen molar-refractivity contribution in [2.45, 2.75) is 19.4 Å². The van der Waals surface area contributed by atoms with Gasteiger partial charge in [-0.3, -0.25) is 0 Å². The van der Waals surface area contributed by atoms with Gasteiger partial charge >= 0.3 is 0 Å². The monoisotopic (exact) mass is 145 g/mol. The highest BCUT2D eigenvalue weighted by Crippen LogP contribution is 2.28. The topological polar surface area (TPSA) is 12.0 Å². The third kappa shape index (κ3) is 2.59. The Morgan fingerprint density at radius 3 is 2.78 bits per heavy atom. The van der Waals surface area contributed by atoms with Gasteiger partial charge in [0.05, 0.1) is 0 Å². The van der Waals surface area contributed by atoms with Crippen LogP contribution in [0.5, 0.6) is 0 Å². The number of thioether (sulfide) groups is 1. The Hall–Kier alpha value is 0.310. The van der Waals surface area contributed by atoms with Crippen LogP contribution in [0, 0.1) is 5.92 Å². The number of rotatable bonds is 4. The van der Waals surface area contributed by atoms with Crippen LogP contribution in [0.2, 0.25) is 0 Å². The first-order valence-corrected chi connectivity index (χ1v) is 4.96. The van der Waals surface area contributed by atoms with E-state index in [4.69, 9.17) is 0 Å². The molecule has 0 heterocycles. The van der Waals surface area contributed by atoms with Crippen molar-refractivity contribution < 1.29 is 0 Å². The third-order valence-electron chi connectivity index (χ3n) is 1.82. The summed E-state index contributed by atoms with van der Waals surface area (Å²) >= 11 is 1.91. The maximum absolute atomic E-state index is 3.49. The van der Waals surface area contributed by atoms with Crippen molar-refractivity contribution in [3.8, 4) is 0 Å². The predicted octanol–water partition coefficient (Wildman–Crippen LogP) is 1.35.